The molecular formula is C27H38O6Si. The molecule has 0 fully saturated rings. The number of carbonyl (C=O) groups excluding carboxylic acids is 1. The number of hydrogen-bond donors (Lipinski definition) is 0. The highest BCUT2D eigenvalue weighted by Crippen LogP contribution is 2.49. The molecule has 1 aliphatic rings. The van der Waals surface area contributed by atoms with E-state index in [0.717, 1.165) is 22.4 Å². The van der Waals surface area contributed by atoms with Gasteiger partial charge in [0.2, 0.25) is 5.75 Å². The van der Waals surface area contributed by atoms with Gasteiger partial charge in [-0.2, -0.15) is 0 Å². The molecule has 0 N–H and O–H groups in total. The second-order valence-electron chi connectivity index (χ2n) is 10.3. The molecule has 0 aliphatic heterocycles. The number of methoxy groups -OCH3 is 4. The highest BCUT2D eigenvalue weighted by atomic mass is 28.4. The van der Waals surface area contributed by atoms with Gasteiger partial charge in [-0.25, -0.2) is 0 Å². The Balaban J connectivity index is 2.19. The Kier molecular flexibility index (Phi) is 7.55. The second-order valence-corrected chi connectivity index (χ2v) is 15.0. The molecule has 0 bridgehead atoms. The Morgan fingerprint density at radius 2 is 1.47 bits per heavy atom. The Hall–Kier alpha value is -2.67. The van der Waals surface area contributed by atoms with Crippen LogP contribution in [0.3, 0.4) is 0 Å². The van der Waals surface area contributed by atoms with E-state index in [1.807, 2.05) is 24.3 Å². The average molecular weight is 487 g/mol. The molecule has 0 heterocycles. The molecule has 0 aromatic heterocycles. The number of fused-ring (bicyclic) bond motifs is 1. The van der Waals surface area contributed by atoms with E-state index in [4.69, 9.17) is 23.4 Å². The molecule has 0 radical (unpaired) electrons. The van der Waals surface area contributed by atoms with Gasteiger partial charge in [-0.1, -0.05) is 26.8 Å². The van der Waals surface area contributed by atoms with Crippen LogP contribution in [0.2, 0.25) is 18.1 Å². The Morgan fingerprint density at radius 3 is 2.03 bits per heavy atom. The van der Waals surface area contributed by atoms with Gasteiger partial charge >= 0.3 is 0 Å². The first-order chi connectivity index (χ1) is 16.0. The fourth-order valence-corrected chi connectivity index (χ4v) is 5.24. The standard InChI is InChI=1S/C27H38O6Si/c1-27(2,3)34(8,9)33-23-14-17(10-13-22(23)29-4)20-15-18(28)11-12-19-21(20)16-24(30-5)26(32-7)25(19)31-6/h10,13-14,16,20H,11-12,15H2,1-9H3. The lowest BCUT2D eigenvalue weighted by atomic mass is 9.85. The zero-order valence-corrected chi connectivity index (χ0v) is 23.0. The maximum absolute atomic E-state index is 12.9. The zero-order chi connectivity index (χ0) is 25.3. The molecule has 1 atom stereocenters. The summed E-state index contributed by atoms with van der Waals surface area (Å²) in [4.78, 5) is 12.9. The highest BCUT2D eigenvalue weighted by Gasteiger charge is 2.40. The van der Waals surface area contributed by atoms with Gasteiger partial charge in [0.1, 0.15) is 11.5 Å². The van der Waals surface area contributed by atoms with Crippen LogP contribution in [0.25, 0.3) is 0 Å². The lowest BCUT2D eigenvalue weighted by Crippen LogP contribution is -2.44. The average Bonchev–Trinajstić information content (AvgIpc) is 2.95. The van der Waals surface area contributed by atoms with Gasteiger partial charge in [0.15, 0.2) is 17.2 Å². The molecule has 2 aromatic carbocycles. The van der Waals surface area contributed by atoms with Crippen molar-refractivity contribution in [2.24, 2.45) is 0 Å². The number of Topliss-reactive ketones (excluding diaryl/α,β-unsaturated/α-hetero) is 1. The zero-order valence-electron chi connectivity index (χ0n) is 22.0. The third-order valence-corrected chi connectivity index (χ3v) is 11.5. The molecule has 0 saturated carbocycles. The molecule has 0 amide bonds. The van der Waals surface area contributed by atoms with Crippen molar-refractivity contribution in [3.05, 3.63) is 41.0 Å². The van der Waals surface area contributed by atoms with Crippen molar-refractivity contribution in [3.8, 4) is 28.7 Å². The second kappa shape index (κ2) is 9.90. The highest BCUT2D eigenvalue weighted by molar-refractivity contribution is 6.74. The van der Waals surface area contributed by atoms with E-state index in [1.165, 1.54) is 0 Å². The predicted octanol–water partition coefficient (Wildman–Crippen LogP) is 6.14. The van der Waals surface area contributed by atoms with Crippen LogP contribution in [-0.2, 0) is 11.2 Å². The lowest BCUT2D eigenvalue weighted by Gasteiger charge is -2.37. The van der Waals surface area contributed by atoms with Crippen LogP contribution in [0, 0.1) is 0 Å². The van der Waals surface area contributed by atoms with E-state index < -0.39 is 8.32 Å². The van der Waals surface area contributed by atoms with Gasteiger partial charge in [-0.15, -0.1) is 0 Å². The van der Waals surface area contributed by atoms with Crippen molar-refractivity contribution in [1.29, 1.82) is 0 Å². The number of hydrogen-bond acceptors (Lipinski definition) is 6. The number of benzene rings is 2. The van der Waals surface area contributed by atoms with E-state index in [-0.39, 0.29) is 16.7 Å². The van der Waals surface area contributed by atoms with Crippen LogP contribution in [-0.4, -0.2) is 42.5 Å². The summed E-state index contributed by atoms with van der Waals surface area (Å²) in [6.07, 6.45) is 1.45. The summed E-state index contributed by atoms with van der Waals surface area (Å²) in [5.41, 5.74) is 3.00. The number of ether oxygens (including phenoxy) is 4. The summed E-state index contributed by atoms with van der Waals surface area (Å²) < 4.78 is 29.3. The molecule has 0 spiro atoms. The summed E-state index contributed by atoms with van der Waals surface area (Å²) in [6.45, 7) is 11.1. The Labute approximate surface area is 204 Å². The molecular weight excluding hydrogens is 448 g/mol. The van der Waals surface area contributed by atoms with Gasteiger partial charge in [0, 0.05) is 24.3 Å². The van der Waals surface area contributed by atoms with Crippen LogP contribution in [0.5, 0.6) is 28.7 Å². The molecule has 186 valence electrons. The minimum atomic E-state index is -2.11. The van der Waals surface area contributed by atoms with Crippen molar-refractivity contribution in [3.63, 3.8) is 0 Å². The van der Waals surface area contributed by atoms with Crippen LogP contribution in [0.1, 0.15) is 56.2 Å². The van der Waals surface area contributed by atoms with E-state index in [9.17, 15) is 4.79 Å². The van der Waals surface area contributed by atoms with Crippen LogP contribution >= 0.6 is 0 Å². The van der Waals surface area contributed by atoms with E-state index in [1.54, 1.807) is 28.4 Å². The Morgan fingerprint density at radius 1 is 0.824 bits per heavy atom. The topological polar surface area (TPSA) is 63.2 Å². The molecule has 34 heavy (non-hydrogen) atoms. The van der Waals surface area contributed by atoms with Gasteiger partial charge in [0.05, 0.1) is 28.4 Å². The maximum atomic E-state index is 12.9. The van der Waals surface area contributed by atoms with Gasteiger partial charge in [-0.3, -0.25) is 4.79 Å². The van der Waals surface area contributed by atoms with Crippen molar-refractivity contribution in [1.82, 2.24) is 0 Å². The summed E-state index contributed by atoms with van der Waals surface area (Å²) in [7, 11) is 4.38. The summed E-state index contributed by atoms with van der Waals surface area (Å²) >= 11 is 0. The monoisotopic (exact) mass is 486 g/mol. The minimum absolute atomic E-state index is 0.0379. The van der Waals surface area contributed by atoms with E-state index in [0.29, 0.717) is 42.3 Å². The molecule has 2 aromatic rings. The van der Waals surface area contributed by atoms with Crippen molar-refractivity contribution < 1.29 is 28.2 Å². The van der Waals surface area contributed by atoms with Gasteiger partial charge in [-0.05, 0) is 53.9 Å². The SMILES string of the molecule is COc1ccc(C2CC(=O)CCc3c2cc(OC)c(OC)c3OC)cc1O[Si](C)(C)C(C)(C)C. The fraction of sp³-hybridized carbons (Fsp3) is 0.519. The van der Waals surface area contributed by atoms with Crippen molar-refractivity contribution in [2.75, 3.05) is 28.4 Å². The first kappa shape index (κ1) is 25.9. The minimum Gasteiger partial charge on any atom is -0.541 e. The number of ketones is 1. The first-order valence-corrected chi connectivity index (χ1v) is 14.6. The molecule has 6 nitrogen and oxygen atoms in total. The number of carbonyl (C=O) groups is 1. The molecule has 1 aliphatic carbocycles. The van der Waals surface area contributed by atoms with Gasteiger partial charge < -0.3 is 23.4 Å². The molecule has 1 unspecified atom stereocenters. The smallest absolute Gasteiger partial charge is 0.250 e. The van der Waals surface area contributed by atoms with Crippen LogP contribution in [0.15, 0.2) is 24.3 Å². The third-order valence-electron chi connectivity index (χ3n) is 7.19. The molecule has 3 rings (SSSR count). The lowest BCUT2D eigenvalue weighted by molar-refractivity contribution is -0.119. The summed E-state index contributed by atoms with van der Waals surface area (Å²) in [5, 5.41) is 0.0379. The maximum Gasteiger partial charge on any atom is 0.250 e. The summed E-state index contributed by atoms with van der Waals surface area (Å²) in [5.74, 6) is 3.23. The first-order valence-electron chi connectivity index (χ1n) is 11.7. The largest absolute Gasteiger partial charge is 0.541 e. The van der Waals surface area contributed by atoms with Crippen molar-refractivity contribution in [2.45, 2.75) is 64.1 Å². The van der Waals surface area contributed by atoms with Crippen LogP contribution in [0.4, 0.5) is 0 Å². The fourth-order valence-electron chi connectivity index (χ4n) is 4.22. The number of rotatable bonds is 7. The summed E-state index contributed by atoms with van der Waals surface area (Å²) in [6, 6.07) is 7.98. The van der Waals surface area contributed by atoms with Crippen LogP contribution < -0.4 is 23.4 Å². The van der Waals surface area contributed by atoms with Crippen molar-refractivity contribution >= 4 is 14.1 Å². The third kappa shape index (κ3) is 4.90. The quantitative estimate of drug-likeness (QED) is 0.346. The van der Waals surface area contributed by atoms with Gasteiger partial charge in [0.25, 0.3) is 8.32 Å². The molecule has 0 saturated heterocycles. The predicted molar refractivity (Wildman–Crippen MR) is 137 cm³/mol. The Bertz CT molecular complexity index is 1050. The normalized spacial score (nSPS) is 16.4. The van der Waals surface area contributed by atoms with E-state index >= 15 is 0 Å². The van der Waals surface area contributed by atoms with E-state index in [2.05, 4.69) is 33.9 Å². The molecule has 7 heteroatoms.